The molecule has 6 nitrogen and oxygen atoms in total. The number of hydrogen-bond donors (Lipinski definition) is 1. The molecule has 8 heteroatoms. The number of nitrogens with zero attached hydrogens (tertiary/aromatic N) is 2. The van der Waals surface area contributed by atoms with E-state index in [1.807, 2.05) is 25.1 Å². The van der Waals surface area contributed by atoms with E-state index in [0.717, 1.165) is 5.56 Å². The lowest BCUT2D eigenvalue weighted by Crippen LogP contribution is -2.28. The molecule has 3 aromatic rings. The highest BCUT2D eigenvalue weighted by atomic mass is 35.5. The monoisotopic (exact) mass is 452 g/mol. The molecule has 1 saturated heterocycles. The maximum atomic E-state index is 12.8. The van der Waals surface area contributed by atoms with Crippen LogP contribution in [0.15, 0.2) is 75.0 Å². The number of amides is 1. The lowest BCUT2D eigenvalue weighted by Gasteiger charge is -2.12. The Balaban J connectivity index is 1.61. The van der Waals surface area contributed by atoms with Crippen LogP contribution >= 0.6 is 23.4 Å². The number of furan rings is 1. The zero-order valence-electron chi connectivity index (χ0n) is 16.4. The molecular weight excluding hydrogens is 436 g/mol. The van der Waals surface area contributed by atoms with E-state index in [1.54, 1.807) is 41.3 Å². The van der Waals surface area contributed by atoms with Crippen molar-refractivity contribution in [2.24, 2.45) is 4.99 Å². The zero-order valence-corrected chi connectivity index (χ0v) is 18.0. The van der Waals surface area contributed by atoms with Crippen LogP contribution in [0.1, 0.15) is 23.0 Å². The van der Waals surface area contributed by atoms with Crippen LogP contribution < -0.4 is 0 Å². The van der Waals surface area contributed by atoms with Crippen molar-refractivity contribution in [2.75, 3.05) is 6.54 Å². The van der Waals surface area contributed by atoms with Crippen molar-refractivity contribution >= 4 is 52.2 Å². The van der Waals surface area contributed by atoms with E-state index in [0.29, 0.717) is 38.8 Å². The normalized spacial score (nSPS) is 16.5. The molecule has 2 aromatic carbocycles. The quantitative estimate of drug-likeness (QED) is 0.485. The fraction of sp³-hybridized carbons (Fsp3) is 0.0870. The molecule has 1 aliphatic rings. The van der Waals surface area contributed by atoms with Gasteiger partial charge in [-0.05, 0) is 73.3 Å². The number of carboxylic acids is 1. The summed E-state index contributed by atoms with van der Waals surface area (Å²) < 4.78 is 5.88. The number of halogens is 1. The molecule has 0 aliphatic carbocycles. The van der Waals surface area contributed by atoms with Crippen molar-refractivity contribution < 1.29 is 19.1 Å². The molecule has 1 aromatic heterocycles. The van der Waals surface area contributed by atoms with Gasteiger partial charge in [-0.25, -0.2) is 9.79 Å². The average molecular weight is 453 g/mol. The molecular formula is C23H17ClN2O4S. The Morgan fingerprint density at radius 2 is 1.97 bits per heavy atom. The molecule has 0 radical (unpaired) electrons. The zero-order chi connectivity index (χ0) is 22.0. The number of aliphatic imine (C=N–C) groups is 1. The topological polar surface area (TPSA) is 83.1 Å². The fourth-order valence-electron chi connectivity index (χ4n) is 3.02. The highest BCUT2D eigenvalue weighted by molar-refractivity contribution is 8.18. The van der Waals surface area contributed by atoms with Gasteiger partial charge in [-0.3, -0.25) is 9.69 Å². The molecule has 2 heterocycles. The summed E-state index contributed by atoms with van der Waals surface area (Å²) in [5.41, 5.74) is 1.49. The van der Waals surface area contributed by atoms with Crippen molar-refractivity contribution in [3.63, 3.8) is 0 Å². The summed E-state index contributed by atoms with van der Waals surface area (Å²) in [5, 5.41) is 10.3. The summed E-state index contributed by atoms with van der Waals surface area (Å²) in [6, 6.07) is 17.2. The Morgan fingerprint density at radius 1 is 1.19 bits per heavy atom. The van der Waals surface area contributed by atoms with Crippen molar-refractivity contribution in [1.29, 1.82) is 0 Å². The number of carbonyl (C=O) groups is 2. The number of carbonyl (C=O) groups excluding carboxylic acids is 1. The lowest BCUT2D eigenvalue weighted by molar-refractivity contribution is -0.122. The third kappa shape index (κ3) is 4.57. The van der Waals surface area contributed by atoms with Gasteiger partial charge in [0, 0.05) is 23.2 Å². The molecule has 156 valence electrons. The second-order valence-corrected chi connectivity index (χ2v) is 8.06. The maximum absolute atomic E-state index is 12.8. The Bertz CT molecular complexity index is 1210. The van der Waals surface area contributed by atoms with Crippen LogP contribution in [-0.2, 0) is 4.79 Å². The van der Waals surface area contributed by atoms with Crippen LogP contribution in [0.5, 0.6) is 0 Å². The van der Waals surface area contributed by atoms with E-state index in [9.17, 15) is 14.7 Å². The predicted molar refractivity (Wildman–Crippen MR) is 123 cm³/mol. The molecule has 1 amide bonds. The first-order valence-corrected chi connectivity index (χ1v) is 10.6. The number of hydrogen-bond acceptors (Lipinski definition) is 5. The van der Waals surface area contributed by atoms with Crippen molar-refractivity contribution in [3.05, 3.63) is 81.9 Å². The van der Waals surface area contributed by atoms with Crippen molar-refractivity contribution in [2.45, 2.75) is 6.92 Å². The van der Waals surface area contributed by atoms with Gasteiger partial charge >= 0.3 is 5.97 Å². The van der Waals surface area contributed by atoms with Crippen LogP contribution in [0.3, 0.4) is 0 Å². The van der Waals surface area contributed by atoms with E-state index in [1.165, 1.54) is 23.9 Å². The summed E-state index contributed by atoms with van der Waals surface area (Å²) in [7, 11) is 0. The highest BCUT2D eigenvalue weighted by Gasteiger charge is 2.32. The van der Waals surface area contributed by atoms with Crippen LogP contribution in [0.4, 0.5) is 5.69 Å². The molecule has 1 fully saturated rings. The smallest absolute Gasteiger partial charge is 0.335 e. The number of amidine groups is 1. The molecule has 0 atom stereocenters. The van der Waals surface area contributed by atoms with Crippen LogP contribution in [0, 0.1) is 0 Å². The molecule has 31 heavy (non-hydrogen) atoms. The van der Waals surface area contributed by atoms with E-state index < -0.39 is 5.97 Å². The van der Waals surface area contributed by atoms with Crippen LogP contribution in [0.25, 0.3) is 17.4 Å². The molecule has 0 saturated carbocycles. The fourth-order valence-corrected chi connectivity index (χ4v) is 4.19. The summed E-state index contributed by atoms with van der Waals surface area (Å²) in [5.74, 6) is 0.0150. The summed E-state index contributed by atoms with van der Waals surface area (Å²) in [6.45, 7) is 2.30. The first-order valence-electron chi connectivity index (χ1n) is 9.44. The number of rotatable bonds is 5. The summed E-state index contributed by atoms with van der Waals surface area (Å²) in [4.78, 5) is 30.6. The average Bonchev–Trinajstić information content (AvgIpc) is 3.33. The second kappa shape index (κ2) is 8.83. The predicted octanol–water partition coefficient (Wildman–Crippen LogP) is 5.92. The Morgan fingerprint density at radius 3 is 2.68 bits per heavy atom. The van der Waals surface area contributed by atoms with E-state index in [2.05, 4.69) is 4.99 Å². The minimum Gasteiger partial charge on any atom is -0.478 e. The Kier molecular flexibility index (Phi) is 5.97. The Labute approximate surface area is 187 Å². The van der Waals surface area contributed by atoms with Gasteiger partial charge < -0.3 is 9.52 Å². The van der Waals surface area contributed by atoms with Gasteiger partial charge in [-0.1, -0.05) is 17.7 Å². The van der Waals surface area contributed by atoms with Gasteiger partial charge in [0.05, 0.1) is 16.2 Å². The third-order valence-corrected chi connectivity index (χ3v) is 5.81. The SMILES string of the molecule is CCN1C(=O)C(=Cc2ccc(-c3ccc(Cl)cc3)o2)SC1=Nc1cccc(C(=O)O)c1. The first kappa shape index (κ1) is 21.0. The molecule has 1 N–H and O–H groups in total. The highest BCUT2D eigenvalue weighted by Crippen LogP contribution is 2.35. The number of likely N-dealkylation sites (N-methyl/N-ethyl adjacent to an activating group) is 1. The molecule has 0 unspecified atom stereocenters. The minimum atomic E-state index is -1.03. The Hall–Kier alpha value is -3.29. The van der Waals surface area contributed by atoms with E-state index >= 15 is 0 Å². The number of carboxylic acid groups (broad SMARTS) is 1. The van der Waals surface area contributed by atoms with Gasteiger partial charge in [-0.15, -0.1) is 0 Å². The van der Waals surface area contributed by atoms with Crippen molar-refractivity contribution in [1.82, 2.24) is 4.90 Å². The van der Waals surface area contributed by atoms with Crippen LogP contribution in [-0.4, -0.2) is 33.6 Å². The number of aromatic carboxylic acids is 1. The number of thioether (sulfide) groups is 1. The molecule has 1 aliphatic heterocycles. The first-order chi connectivity index (χ1) is 14.9. The maximum Gasteiger partial charge on any atom is 0.335 e. The van der Waals surface area contributed by atoms with E-state index in [4.69, 9.17) is 16.0 Å². The van der Waals surface area contributed by atoms with Gasteiger partial charge in [-0.2, -0.15) is 0 Å². The van der Waals surface area contributed by atoms with Crippen LogP contribution in [0.2, 0.25) is 5.02 Å². The standard InChI is InChI=1S/C23H17ClN2O4S/c1-2-26-21(27)20(31-23(26)25-17-5-3-4-15(12-17)22(28)29)13-18-10-11-19(30-18)14-6-8-16(24)9-7-14/h3-13H,2H2,1H3,(H,28,29). The van der Waals surface area contributed by atoms with Gasteiger partial charge in [0.2, 0.25) is 0 Å². The van der Waals surface area contributed by atoms with E-state index in [-0.39, 0.29) is 11.5 Å². The summed E-state index contributed by atoms with van der Waals surface area (Å²) >= 11 is 7.16. The van der Waals surface area contributed by atoms with Gasteiger partial charge in [0.25, 0.3) is 5.91 Å². The largest absolute Gasteiger partial charge is 0.478 e. The molecule has 4 rings (SSSR count). The lowest BCUT2D eigenvalue weighted by atomic mass is 10.2. The van der Waals surface area contributed by atoms with Crippen molar-refractivity contribution in [3.8, 4) is 11.3 Å². The second-order valence-electron chi connectivity index (χ2n) is 6.62. The third-order valence-electron chi connectivity index (χ3n) is 4.55. The number of benzene rings is 2. The molecule has 0 spiro atoms. The van der Waals surface area contributed by atoms with Gasteiger partial charge in [0.1, 0.15) is 11.5 Å². The molecule has 0 bridgehead atoms. The minimum absolute atomic E-state index is 0.139. The summed E-state index contributed by atoms with van der Waals surface area (Å²) in [6.07, 6.45) is 1.69. The van der Waals surface area contributed by atoms with Gasteiger partial charge in [0.15, 0.2) is 5.17 Å².